The number of hydrogen-bond donors (Lipinski definition) is 2. The van der Waals surface area contributed by atoms with Crippen molar-refractivity contribution in [2.45, 2.75) is 44.6 Å². The van der Waals surface area contributed by atoms with E-state index < -0.39 is 0 Å². The molecule has 0 aliphatic carbocycles. The van der Waals surface area contributed by atoms with E-state index in [-0.39, 0.29) is 0 Å². The first-order valence-electron chi connectivity index (χ1n) is 11.3. The fourth-order valence-corrected chi connectivity index (χ4v) is 5.01. The highest BCUT2D eigenvalue weighted by Crippen LogP contribution is 2.35. The molecular formula is C23H38ClN5. The number of hydrogen-bond acceptors (Lipinski definition) is 3. The molecule has 2 heterocycles. The van der Waals surface area contributed by atoms with E-state index in [9.17, 15) is 0 Å². The van der Waals surface area contributed by atoms with Crippen molar-refractivity contribution in [3.8, 4) is 0 Å². The van der Waals surface area contributed by atoms with Gasteiger partial charge in [0.2, 0.25) is 0 Å². The molecule has 1 aromatic rings. The van der Waals surface area contributed by atoms with Crippen molar-refractivity contribution >= 4 is 17.6 Å². The Morgan fingerprint density at radius 1 is 1.14 bits per heavy atom. The van der Waals surface area contributed by atoms with Gasteiger partial charge in [0.1, 0.15) is 0 Å². The molecule has 162 valence electrons. The van der Waals surface area contributed by atoms with Crippen LogP contribution in [0.2, 0.25) is 5.02 Å². The van der Waals surface area contributed by atoms with Gasteiger partial charge in [-0.05, 0) is 95.4 Å². The first-order valence-corrected chi connectivity index (χ1v) is 11.7. The Balaban J connectivity index is 1.44. The minimum absolute atomic E-state index is 0.397. The van der Waals surface area contributed by atoms with E-state index >= 15 is 0 Å². The second kappa shape index (κ2) is 11.8. The van der Waals surface area contributed by atoms with Gasteiger partial charge in [-0.2, -0.15) is 0 Å². The summed E-state index contributed by atoms with van der Waals surface area (Å²) in [6.07, 6.45) is 7.66. The van der Waals surface area contributed by atoms with Gasteiger partial charge in [0.25, 0.3) is 0 Å². The van der Waals surface area contributed by atoms with Crippen molar-refractivity contribution in [1.82, 2.24) is 20.4 Å². The fourth-order valence-electron chi connectivity index (χ4n) is 4.81. The number of aliphatic imine (C=N–C) groups is 1. The third-order valence-corrected chi connectivity index (χ3v) is 6.58. The van der Waals surface area contributed by atoms with E-state index in [4.69, 9.17) is 11.6 Å². The summed E-state index contributed by atoms with van der Waals surface area (Å²) in [7, 11) is 4.09. The minimum Gasteiger partial charge on any atom is -0.356 e. The molecule has 2 unspecified atom stereocenters. The van der Waals surface area contributed by atoms with Crippen LogP contribution in [0.1, 0.15) is 50.1 Å². The Kier molecular flexibility index (Phi) is 9.09. The van der Waals surface area contributed by atoms with Crippen molar-refractivity contribution < 1.29 is 0 Å². The maximum Gasteiger partial charge on any atom is 0.190 e. The number of likely N-dealkylation sites (tertiary alicyclic amines) is 2. The number of benzene rings is 1. The standard InChI is InChI=1S/C23H38ClN5/c1-25-23(26-12-3-4-14-29-15-5-6-16-29)27-18-20-10-8-13-28(2)22(20)19-9-7-11-21(24)17-19/h7,9,11,17,20,22H,3-6,8,10,12-16,18H2,1-2H3,(H2,25,26,27). The molecule has 0 aromatic heterocycles. The summed E-state index contributed by atoms with van der Waals surface area (Å²) in [6, 6.07) is 8.74. The SMILES string of the molecule is CN=C(NCCCCN1CCCC1)NCC1CCCN(C)C1c1cccc(Cl)c1. The summed E-state index contributed by atoms with van der Waals surface area (Å²) in [5.41, 5.74) is 1.32. The van der Waals surface area contributed by atoms with Crippen molar-refractivity contribution in [3.63, 3.8) is 0 Å². The second-order valence-electron chi connectivity index (χ2n) is 8.52. The van der Waals surface area contributed by atoms with Crippen LogP contribution in [0.15, 0.2) is 29.3 Å². The van der Waals surface area contributed by atoms with Gasteiger partial charge >= 0.3 is 0 Å². The highest BCUT2D eigenvalue weighted by molar-refractivity contribution is 6.30. The first kappa shape index (κ1) is 22.4. The Hall–Kier alpha value is -1.30. The lowest BCUT2D eigenvalue weighted by Crippen LogP contribution is -2.45. The van der Waals surface area contributed by atoms with Crippen LogP contribution in [-0.2, 0) is 0 Å². The Bertz CT molecular complexity index is 644. The van der Waals surface area contributed by atoms with Gasteiger partial charge in [-0.3, -0.25) is 9.89 Å². The average molecular weight is 420 g/mol. The molecule has 2 saturated heterocycles. The van der Waals surface area contributed by atoms with E-state index in [1.165, 1.54) is 63.7 Å². The van der Waals surface area contributed by atoms with Crippen molar-refractivity contribution in [1.29, 1.82) is 0 Å². The Morgan fingerprint density at radius 2 is 1.97 bits per heavy atom. The lowest BCUT2D eigenvalue weighted by atomic mass is 9.85. The number of nitrogens with zero attached hydrogens (tertiary/aromatic N) is 3. The molecule has 0 saturated carbocycles. The van der Waals surface area contributed by atoms with Crippen LogP contribution < -0.4 is 10.6 Å². The fraction of sp³-hybridized carbons (Fsp3) is 0.696. The van der Waals surface area contributed by atoms with E-state index in [0.717, 1.165) is 30.6 Å². The number of halogens is 1. The zero-order valence-corrected chi connectivity index (χ0v) is 18.9. The molecule has 0 spiro atoms. The summed E-state index contributed by atoms with van der Waals surface area (Å²) >= 11 is 6.27. The normalized spacial score (nSPS) is 24.0. The van der Waals surface area contributed by atoms with Crippen LogP contribution in [0, 0.1) is 5.92 Å². The van der Waals surface area contributed by atoms with Crippen molar-refractivity contribution in [3.05, 3.63) is 34.9 Å². The highest BCUT2D eigenvalue weighted by Gasteiger charge is 2.30. The smallest absolute Gasteiger partial charge is 0.190 e. The monoisotopic (exact) mass is 419 g/mol. The van der Waals surface area contributed by atoms with E-state index in [1.54, 1.807) is 0 Å². The van der Waals surface area contributed by atoms with Crippen LogP contribution in [0.5, 0.6) is 0 Å². The van der Waals surface area contributed by atoms with Gasteiger partial charge in [0.15, 0.2) is 5.96 Å². The van der Waals surface area contributed by atoms with Crippen LogP contribution in [0.3, 0.4) is 0 Å². The molecule has 2 N–H and O–H groups in total. The van der Waals surface area contributed by atoms with Gasteiger partial charge < -0.3 is 15.5 Å². The molecule has 2 aliphatic heterocycles. The lowest BCUT2D eigenvalue weighted by Gasteiger charge is -2.40. The summed E-state index contributed by atoms with van der Waals surface area (Å²) in [6.45, 7) is 6.87. The van der Waals surface area contributed by atoms with Gasteiger partial charge in [-0.1, -0.05) is 23.7 Å². The first-order chi connectivity index (χ1) is 14.2. The minimum atomic E-state index is 0.397. The highest BCUT2D eigenvalue weighted by atomic mass is 35.5. The topological polar surface area (TPSA) is 42.9 Å². The molecule has 0 amide bonds. The van der Waals surface area contributed by atoms with Gasteiger partial charge in [-0.15, -0.1) is 0 Å². The number of unbranched alkanes of at least 4 members (excludes halogenated alkanes) is 1. The van der Waals surface area contributed by atoms with E-state index in [2.05, 4.69) is 50.7 Å². The van der Waals surface area contributed by atoms with Crippen molar-refractivity contribution in [2.75, 3.05) is 53.4 Å². The molecule has 0 radical (unpaired) electrons. The molecular weight excluding hydrogens is 382 g/mol. The maximum atomic E-state index is 6.27. The van der Waals surface area contributed by atoms with Gasteiger partial charge in [-0.25, -0.2) is 0 Å². The third kappa shape index (κ3) is 6.87. The average Bonchev–Trinajstić information content (AvgIpc) is 3.23. The lowest BCUT2D eigenvalue weighted by molar-refractivity contribution is 0.122. The predicted molar refractivity (Wildman–Crippen MR) is 124 cm³/mol. The van der Waals surface area contributed by atoms with E-state index in [1.807, 2.05) is 13.1 Å². The molecule has 29 heavy (non-hydrogen) atoms. The van der Waals surface area contributed by atoms with Gasteiger partial charge in [0.05, 0.1) is 0 Å². The zero-order chi connectivity index (χ0) is 20.5. The second-order valence-corrected chi connectivity index (χ2v) is 8.95. The number of rotatable bonds is 8. The zero-order valence-electron chi connectivity index (χ0n) is 18.2. The number of guanidine groups is 1. The van der Waals surface area contributed by atoms with Crippen LogP contribution >= 0.6 is 11.6 Å². The summed E-state index contributed by atoms with van der Waals surface area (Å²) in [5.74, 6) is 1.46. The maximum absolute atomic E-state index is 6.27. The molecule has 2 aliphatic rings. The predicted octanol–water partition coefficient (Wildman–Crippen LogP) is 3.76. The molecule has 5 nitrogen and oxygen atoms in total. The van der Waals surface area contributed by atoms with Crippen LogP contribution in [-0.4, -0.2) is 69.1 Å². The molecule has 2 atom stereocenters. The van der Waals surface area contributed by atoms with Crippen LogP contribution in [0.4, 0.5) is 0 Å². The summed E-state index contributed by atoms with van der Waals surface area (Å²) in [5, 5.41) is 7.89. The Morgan fingerprint density at radius 3 is 2.72 bits per heavy atom. The van der Waals surface area contributed by atoms with Crippen molar-refractivity contribution in [2.24, 2.45) is 10.9 Å². The molecule has 0 bridgehead atoms. The third-order valence-electron chi connectivity index (χ3n) is 6.34. The largest absolute Gasteiger partial charge is 0.356 e. The molecule has 3 rings (SSSR count). The van der Waals surface area contributed by atoms with E-state index in [0.29, 0.717) is 12.0 Å². The quantitative estimate of drug-likeness (QED) is 0.382. The number of piperidine rings is 1. The summed E-state index contributed by atoms with van der Waals surface area (Å²) in [4.78, 5) is 9.48. The van der Waals surface area contributed by atoms with Gasteiger partial charge in [0, 0.05) is 31.2 Å². The summed E-state index contributed by atoms with van der Waals surface area (Å²) < 4.78 is 0. The molecule has 2 fully saturated rings. The number of nitrogens with one attached hydrogen (secondary N) is 2. The molecule has 1 aromatic carbocycles. The van der Waals surface area contributed by atoms with Crippen LogP contribution in [0.25, 0.3) is 0 Å². The molecule has 6 heteroatoms. The Labute approximate surface area is 181 Å².